The number of rotatable bonds is 5. The molecule has 1 saturated carbocycles. The number of aliphatic hydroxyl groups is 1. The summed E-state index contributed by atoms with van der Waals surface area (Å²) in [7, 11) is 0. The lowest BCUT2D eigenvalue weighted by Gasteiger charge is -2.36. The van der Waals surface area contributed by atoms with E-state index in [-0.39, 0.29) is 12.4 Å². The van der Waals surface area contributed by atoms with Crippen LogP contribution in [0.1, 0.15) is 43.4 Å². The van der Waals surface area contributed by atoms with Gasteiger partial charge in [-0.3, -0.25) is 0 Å². The summed E-state index contributed by atoms with van der Waals surface area (Å²) in [6.45, 7) is 2.48. The highest BCUT2D eigenvalue weighted by Crippen LogP contribution is 2.28. The van der Waals surface area contributed by atoms with Crippen molar-refractivity contribution in [1.82, 2.24) is 4.98 Å². The van der Waals surface area contributed by atoms with Gasteiger partial charge in [0, 0.05) is 18.3 Å². The minimum atomic E-state index is 0.0521. The van der Waals surface area contributed by atoms with E-state index in [4.69, 9.17) is 10.9 Å². The van der Waals surface area contributed by atoms with Crippen molar-refractivity contribution >= 4 is 11.7 Å². The quantitative estimate of drug-likeness (QED) is 0.332. The average Bonchev–Trinajstić information content (AvgIpc) is 2.52. The molecule has 0 radical (unpaired) electrons. The first-order valence-corrected chi connectivity index (χ1v) is 7.50. The fraction of sp³-hybridized carbons (Fsp3) is 0.600. The number of hydrogen-bond donors (Lipinski definition) is 3. The molecule has 1 fully saturated rings. The highest BCUT2D eigenvalue weighted by Gasteiger charge is 2.25. The second-order valence-corrected chi connectivity index (χ2v) is 5.52. The number of aliphatic hydroxyl groups excluding tert-OH is 1. The lowest BCUT2D eigenvalue weighted by atomic mass is 9.94. The summed E-state index contributed by atoms with van der Waals surface area (Å²) < 4.78 is 0. The molecule has 0 atom stereocenters. The van der Waals surface area contributed by atoms with E-state index >= 15 is 0 Å². The summed E-state index contributed by atoms with van der Waals surface area (Å²) in [6, 6.07) is 4.01. The van der Waals surface area contributed by atoms with E-state index in [0.29, 0.717) is 24.0 Å². The Hall–Kier alpha value is -1.82. The normalized spacial score (nSPS) is 17.0. The number of amidine groups is 1. The molecule has 1 aromatic heterocycles. The van der Waals surface area contributed by atoms with Crippen molar-refractivity contribution in [2.75, 3.05) is 18.1 Å². The minimum Gasteiger partial charge on any atom is -0.409 e. The monoisotopic (exact) mass is 292 g/mol. The maximum Gasteiger partial charge on any atom is 0.173 e. The Morgan fingerprint density at radius 3 is 2.71 bits per heavy atom. The van der Waals surface area contributed by atoms with Crippen molar-refractivity contribution in [1.29, 1.82) is 0 Å². The largest absolute Gasteiger partial charge is 0.409 e. The Kier molecular flexibility index (Phi) is 5.38. The molecule has 1 aliphatic carbocycles. The molecular weight excluding hydrogens is 268 g/mol. The second kappa shape index (κ2) is 7.26. The third kappa shape index (κ3) is 3.64. The number of hydrogen-bond acceptors (Lipinski definition) is 5. The van der Waals surface area contributed by atoms with E-state index in [1.807, 2.05) is 19.1 Å². The van der Waals surface area contributed by atoms with Crippen molar-refractivity contribution < 1.29 is 10.3 Å². The third-order valence-corrected chi connectivity index (χ3v) is 4.03. The maximum absolute atomic E-state index is 9.40. The van der Waals surface area contributed by atoms with E-state index < -0.39 is 0 Å². The minimum absolute atomic E-state index is 0.0521. The maximum atomic E-state index is 9.40. The van der Waals surface area contributed by atoms with Crippen LogP contribution in [0.3, 0.4) is 0 Å². The molecule has 21 heavy (non-hydrogen) atoms. The topological polar surface area (TPSA) is 95.0 Å². The van der Waals surface area contributed by atoms with Crippen LogP contribution < -0.4 is 10.6 Å². The molecule has 0 amide bonds. The van der Waals surface area contributed by atoms with Crippen molar-refractivity contribution in [3.63, 3.8) is 0 Å². The average molecular weight is 292 g/mol. The van der Waals surface area contributed by atoms with E-state index in [0.717, 1.165) is 18.5 Å². The highest BCUT2D eigenvalue weighted by atomic mass is 16.4. The summed E-state index contributed by atoms with van der Waals surface area (Å²) in [4.78, 5) is 6.69. The first-order chi connectivity index (χ1) is 10.2. The molecule has 0 unspecified atom stereocenters. The van der Waals surface area contributed by atoms with E-state index in [9.17, 15) is 5.11 Å². The fourth-order valence-electron chi connectivity index (χ4n) is 2.98. The van der Waals surface area contributed by atoms with Crippen LogP contribution in [0.2, 0.25) is 0 Å². The number of oxime groups is 1. The molecule has 1 aliphatic rings. The number of anilines is 1. The smallest absolute Gasteiger partial charge is 0.173 e. The molecule has 1 aromatic rings. The second-order valence-electron chi connectivity index (χ2n) is 5.52. The molecule has 116 valence electrons. The summed E-state index contributed by atoms with van der Waals surface area (Å²) in [5, 5.41) is 21.5. The third-order valence-electron chi connectivity index (χ3n) is 4.03. The molecule has 4 N–H and O–H groups in total. The molecular formula is C15H24N4O2. The Morgan fingerprint density at radius 1 is 1.38 bits per heavy atom. The molecule has 0 bridgehead atoms. The van der Waals surface area contributed by atoms with E-state index in [1.165, 1.54) is 19.3 Å². The van der Waals surface area contributed by atoms with Gasteiger partial charge in [0.1, 0.15) is 5.82 Å². The van der Waals surface area contributed by atoms with Gasteiger partial charge in [0.15, 0.2) is 5.84 Å². The first-order valence-electron chi connectivity index (χ1n) is 7.50. The summed E-state index contributed by atoms with van der Waals surface area (Å²) in [5.41, 5.74) is 7.27. The van der Waals surface area contributed by atoms with Gasteiger partial charge in [-0.1, -0.05) is 24.4 Å². The van der Waals surface area contributed by atoms with Crippen LogP contribution in [-0.4, -0.2) is 40.3 Å². The molecule has 6 heteroatoms. The number of nitrogens with zero attached hydrogens (tertiary/aromatic N) is 3. The molecule has 0 aliphatic heterocycles. The van der Waals surface area contributed by atoms with Gasteiger partial charge in [0.25, 0.3) is 0 Å². The van der Waals surface area contributed by atoms with Gasteiger partial charge in [-0.05, 0) is 31.9 Å². The van der Waals surface area contributed by atoms with Gasteiger partial charge in [0.2, 0.25) is 0 Å². The van der Waals surface area contributed by atoms with Crippen LogP contribution in [0, 0.1) is 6.92 Å². The lowest BCUT2D eigenvalue weighted by molar-refractivity contribution is 0.289. The standard InChI is InChI=1S/C15H24N4O2/c1-11-7-8-13(14(16)18-21)15(17-11)19(9-10-20)12-5-3-2-4-6-12/h7-8,12,20-21H,2-6,9-10H2,1H3,(H2,16,18). The predicted molar refractivity (Wildman–Crippen MR) is 82.8 cm³/mol. The summed E-state index contributed by atoms with van der Waals surface area (Å²) >= 11 is 0. The molecule has 0 spiro atoms. The van der Waals surface area contributed by atoms with Crippen LogP contribution in [0.15, 0.2) is 17.3 Å². The number of pyridine rings is 1. The molecule has 0 saturated heterocycles. The zero-order valence-corrected chi connectivity index (χ0v) is 12.5. The SMILES string of the molecule is Cc1ccc(C(N)=NO)c(N(CCO)C2CCCCC2)n1. The molecule has 2 rings (SSSR count). The zero-order valence-electron chi connectivity index (χ0n) is 12.5. The van der Waals surface area contributed by atoms with Crippen LogP contribution >= 0.6 is 0 Å². The van der Waals surface area contributed by atoms with Gasteiger partial charge in [-0.15, -0.1) is 0 Å². The Morgan fingerprint density at radius 2 is 2.10 bits per heavy atom. The number of aromatic nitrogens is 1. The molecule has 1 heterocycles. The Balaban J connectivity index is 2.40. The Labute approximate surface area is 125 Å². The summed E-state index contributed by atoms with van der Waals surface area (Å²) in [6.07, 6.45) is 5.82. The highest BCUT2D eigenvalue weighted by molar-refractivity contribution is 6.01. The van der Waals surface area contributed by atoms with Gasteiger partial charge >= 0.3 is 0 Å². The van der Waals surface area contributed by atoms with Gasteiger partial charge < -0.3 is 20.9 Å². The lowest BCUT2D eigenvalue weighted by Crippen LogP contribution is -2.40. The van der Waals surface area contributed by atoms with Crippen LogP contribution in [0.4, 0.5) is 5.82 Å². The number of aryl methyl sites for hydroxylation is 1. The van der Waals surface area contributed by atoms with Crippen molar-refractivity contribution in [2.24, 2.45) is 10.9 Å². The van der Waals surface area contributed by atoms with Crippen molar-refractivity contribution in [2.45, 2.75) is 45.1 Å². The number of nitrogens with two attached hydrogens (primary N) is 1. The van der Waals surface area contributed by atoms with E-state index in [2.05, 4.69) is 15.0 Å². The zero-order chi connectivity index (χ0) is 15.2. The van der Waals surface area contributed by atoms with Crippen LogP contribution in [0.25, 0.3) is 0 Å². The van der Waals surface area contributed by atoms with Crippen molar-refractivity contribution in [3.05, 3.63) is 23.4 Å². The van der Waals surface area contributed by atoms with Gasteiger partial charge in [-0.2, -0.15) is 0 Å². The fourth-order valence-corrected chi connectivity index (χ4v) is 2.98. The van der Waals surface area contributed by atoms with E-state index in [1.54, 1.807) is 0 Å². The van der Waals surface area contributed by atoms with Crippen LogP contribution in [-0.2, 0) is 0 Å². The predicted octanol–water partition coefficient (Wildman–Crippen LogP) is 1.62. The summed E-state index contributed by atoms with van der Waals surface area (Å²) in [5.74, 6) is 0.752. The first kappa shape index (κ1) is 15.6. The molecule has 6 nitrogen and oxygen atoms in total. The Bertz CT molecular complexity index is 498. The van der Waals surface area contributed by atoms with Gasteiger partial charge in [-0.25, -0.2) is 4.98 Å². The van der Waals surface area contributed by atoms with Crippen molar-refractivity contribution in [3.8, 4) is 0 Å². The molecule has 0 aromatic carbocycles. The van der Waals surface area contributed by atoms with Gasteiger partial charge in [0.05, 0.1) is 12.2 Å². The van der Waals surface area contributed by atoms with Crippen LogP contribution in [0.5, 0.6) is 0 Å².